The van der Waals surface area contributed by atoms with Crippen molar-refractivity contribution in [2.45, 2.75) is 266 Å². The molecule has 0 spiro atoms. The third-order valence-electron chi connectivity index (χ3n) is 23.1. The molecule has 0 amide bonds. The van der Waals surface area contributed by atoms with Gasteiger partial charge in [-0.2, -0.15) is 0 Å². The van der Waals surface area contributed by atoms with Crippen molar-refractivity contribution >= 4 is 12.3 Å². The molecule has 10 rings (SSSR count). The number of aldehydes is 1. The molecule has 0 bridgehead atoms. The number of hydrogen-bond donors (Lipinski definition) is 16. The van der Waals surface area contributed by atoms with Crippen molar-refractivity contribution in [3.8, 4) is 0 Å². The Hall–Kier alpha value is -2.12. The minimum absolute atomic E-state index is 0.126. The molecule has 0 aromatic carbocycles. The van der Waals surface area contributed by atoms with Crippen molar-refractivity contribution in [3.05, 3.63) is 11.6 Å². The summed E-state index contributed by atoms with van der Waals surface area (Å²) in [7, 11) is 0. The van der Waals surface area contributed by atoms with Gasteiger partial charge in [-0.25, -0.2) is 0 Å². The lowest BCUT2D eigenvalue weighted by Crippen LogP contribution is -2.69. The van der Waals surface area contributed by atoms with E-state index in [2.05, 4.69) is 40.7 Å². The van der Waals surface area contributed by atoms with E-state index in [0.717, 1.165) is 11.9 Å². The lowest BCUT2D eigenvalue weighted by molar-refractivity contribution is -0.399. The molecule has 9 fully saturated rings. The normalized spacial score (nSPS) is 55.1. The third-order valence-corrected chi connectivity index (χ3v) is 23.1. The third kappa shape index (κ3) is 11.1. The minimum Gasteiger partial charge on any atom is -0.432 e. The van der Waals surface area contributed by atoms with Crippen molar-refractivity contribution < 1.29 is 139 Å². The summed E-state index contributed by atoms with van der Waals surface area (Å²) in [6, 6.07) is 0. The topological polar surface area (TPSA) is 450 Å². The van der Waals surface area contributed by atoms with Crippen molar-refractivity contribution in [1.29, 1.82) is 0 Å². The van der Waals surface area contributed by atoms with E-state index in [1.807, 2.05) is 0 Å². The average Bonchev–Trinajstić information content (AvgIpc) is 0.676. The fraction of sp³-hybridized carbons (Fsp3) is 0.932. The van der Waals surface area contributed by atoms with E-state index in [4.69, 9.17) is 47.4 Å². The van der Waals surface area contributed by atoms with E-state index < -0.39 is 231 Å². The van der Waals surface area contributed by atoms with Crippen LogP contribution >= 0.6 is 0 Å². The summed E-state index contributed by atoms with van der Waals surface area (Å²) in [4.78, 5) is 29.5. The summed E-state index contributed by atoms with van der Waals surface area (Å²) in [5, 5.41) is 174. The SMILES string of the molecule is CC1OC(OC2C(OC(=O)C34CCC(C)(C)CC3C3=CCC5C6(C)CCC(OC7OC(CO)C(O)C(OC8OC(CO)C(O)C(O)C8O)C7OC7OC(CO)C(O)C(O)C7O)C(C)(C=O)C6CCC5(C)C3(C)CC4O)OCC(O)C2O)C(O)C(O)C1O. The first-order valence-electron chi connectivity index (χ1n) is 30.7. The van der Waals surface area contributed by atoms with Gasteiger partial charge in [0.25, 0.3) is 0 Å². The summed E-state index contributed by atoms with van der Waals surface area (Å²) < 4.78 is 60.5. The number of fused-ring (bicyclic) bond motifs is 7. The van der Waals surface area contributed by atoms with Crippen LogP contribution in [0.25, 0.3) is 0 Å². The highest BCUT2D eigenvalue weighted by Crippen LogP contribution is 2.76. The molecular formula is C59H94O28. The van der Waals surface area contributed by atoms with Crippen molar-refractivity contribution in [1.82, 2.24) is 0 Å². The number of esters is 1. The molecule has 0 aromatic rings. The van der Waals surface area contributed by atoms with Crippen LogP contribution in [0.15, 0.2) is 11.6 Å². The van der Waals surface area contributed by atoms with Crippen LogP contribution < -0.4 is 0 Å². The van der Waals surface area contributed by atoms with Gasteiger partial charge in [0.2, 0.25) is 6.29 Å². The van der Waals surface area contributed by atoms with Gasteiger partial charge in [0.15, 0.2) is 31.3 Å². The number of rotatable bonds is 14. The Morgan fingerprint density at radius 3 is 1.69 bits per heavy atom. The maximum absolute atomic E-state index is 15.3. The van der Waals surface area contributed by atoms with Gasteiger partial charge < -0.3 is 134 Å². The van der Waals surface area contributed by atoms with Crippen LogP contribution in [-0.4, -0.2) is 280 Å². The fourth-order valence-corrected chi connectivity index (χ4v) is 17.6. The molecule has 28 heteroatoms. The van der Waals surface area contributed by atoms with Crippen LogP contribution in [0.2, 0.25) is 0 Å². The second-order valence-electron chi connectivity index (χ2n) is 28.4. The Labute approximate surface area is 503 Å². The smallest absolute Gasteiger partial charge is 0.317 e. The second kappa shape index (κ2) is 25.0. The Bertz CT molecular complexity index is 2450. The van der Waals surface area contributed by atoms with Crippen molar-refractivity contribution in [2.75, 3.05) is 26.4 Å². The molecule has 5 aliphatic carbocycles. The van der Waals surface area contributed by atoms with Gasteiger partial charge in [-0.05, 0) is 104 Å². The number of aliphatic hydroxyl groups is 16. The number of carbonyl (C=O) groups is 2. The molecule has 4 saturated carbocycles. The molecule has 16 N–H and O–H groups in total. The van der Waals surface area contributed by atoms with Crippen LogP contribution in [0.1, 0.15) is 106 Å². The zero-order chi connectivity index (χ0) is 63.6. The molecule has 34 unspecified atom stereocenters. The molecule has 5 heterocycles. The minimum atomic E-state index is -2.02. The highest BCUT2D eigenvalue weighted by atomic mass is 16.8. The quantitative estimate of drug-likeness (QED) is 0.0338. The lowest BCUT2D eigenvalue weighted by Gasteiger charge is -2.71. The molecule has 34 atom stereocenters. The number of ether oxygens (including phenoxy) is 10. The molecular weight excluding hydrogens is 1160 g/mol. The standard InChI is InChI=1S/C59H94O28/c1-23-34(66)39(71)42(74)48(79-23)85-46-35(67)26(64)21-78-51(46)87-53(77)59-15-14-54(2,3)16-25(59)24-8-9-31-55(4)12-11-33(56(5,22-63)30(55)10-13-57(31,6)58(24,7)17-32(59)65)83-52-47(86-50-44(76)41(73)37(69)28(19-61)81-50)45(38(70)29(20-62)82-52)84-49-43(75)40(72)36(68)27(18-60)80-49/h8,22-23,25-52,60-62,64-76H,9-21H2,1-7H3. The maximum atomic E-state index is 15.3. The Morgan fingerprint density at radius 2 is 1.10 bits per heavy atom. The monoisotopic (exact) mass is 1250 g/mol. The van der Waals surface area contributed by atoms with Gasteiger partial charge in [-0.1, -0.05) is 53.2 Å². The predicted molar refractivity (Wildman–Crippen MR) is 290 cm³/mol. The second-order valence-corrected chi connectivity index (χ2v) is 28.4. The lowest BCUT2D eigenvalue weighted by atomic mass is 9.33. The first-order chi connectivity index (χ1) is 40.8. The Kier molecular flexibility index (Phi) is 19.5. The van der Waals surface area contributed by atoms with Gasteiger partial charge in [-0.15, -0.1) is 0 Å². The van der Waals surface area contributed by atoms with Gasteiger partial charge >= 0.3 is 5.97 Å². The summed E-state index contributed by atoms with van der Waals surface area (Å²) in [6.45, 7) is 10.9. The van der Waals surface area contributed by atoms with Gasteiger partial charge in [-0.3, -0.25) is 4.79 Å². The van der Waals surface area contributed by atoms with E-state index in [1.165, 1.54) is 6.92 Å². The molecule has 5 saturated heterocycles. The van der Waals surface area contributed by atoms with E-state index >= 15 is 4.79 Å². The predicted octanol–water partition coefficient (Wildman–Crippen LogP) is -4.39. The first-order valence-corrected chi connectivity index (χ1v) is 30.7. The van der Waals surface area contributed by atoms with Crippen LogP contribution in [0.5, 0.6) is 0 Å². The van der Waals surface area contributed by atoms with Gasteiger partial charge in [0, 0.05) is 0 Å². The molecule has 0 radical (unpaired) electrons. The Balaban J connectivity index is 0.936. The highest BCUT2D eigenvalue weighted by Gasteiger charge is 2.73. The summed E-state index contributed by atoms with van der Waals surface area (Å²) in [5.41, 5.74) is -4.13. The number of hydrogen-bond acceptors (Lipinski definition) is 28. The highest BCUT2D eigenvalue weighted by molar-refractivity contribution is 5.80. The van der Waals surface area contributed by atoms with E-state index in [0.29, 0.717) is 38.5 Å². The summed E-state index contributed by atoms with van der Waals surface area (Å²) in [5.74, 6) is -1.93. The maximum Gasteiger partial charge on any atom is 0.317 e. The molecule has 87 heavy (non-hydrogen) atoms. The average molecular weight is 1250 g/mol. The van der Waals surface area contributed by atoms with Gasteiger partial charge in [0.1, 0.15) is 115 Å². The van der Waals surface area contributed by atoms with Crippen LogP contribution in [0, 0.1) is 50.2 Å². The summed E-state index contributed by atoms with van der Waals surface area (Å²) in [6.07, 6.45) is -37.2. The fourth-order valence-electron chi connectivity index (χ4n) is 17.6. The van der Waals surface area contributed by atoms with Crippen molar-refractivity contribution in [3.63, 3.8) is 0 Å². The molecule has 5 aliphatic heterocycles. The largest absolute Gasteiger partial charge is 0.432 e. The Morgan fingerprint density at radius 1 is 0.563 bits per heavy atom. The number of carbonyl (C=O) groups excluding carboxylic acids is 2. The summed E-state index contributed by atoms with van der Waals surface area (Å²) >= 11 is 0. The zero-order valence-corrected chi connectivity index (χ0v) is 50.1. The molecule has 10 aliphatic rings. The molecule has 28 nitrogen and oxygen atoms in total. The number of allylic oxidation sites excluding steroid dienone is 2. The molecule has 0 aromatic heterocycles. The van der Waals surface area contributed by atoms with E-state index in [9.17, 15) is 86.5 Å². The van der Waals surface area contributed by atoms with Crippen molar-refractivity contribution in [2.24, 2.45) is 50.2 Å². The number of aliphatic hydroxyl groups excluding tert-OH is 16. The van der Waals surface area contributed by atoms with Gasteiger partial charge in [0.05, 0.1) is 50.2 Å². The molecule has 498 valence electrons. The first kappa shape index (κ1) is 67.8. The van der Waals surface area contributed by atoms with E-state index in [-0.39, 0.29) is 30.6 Å². The van der Waals surface area contributed by atoms with Crippen LogP contribution in [0.3, 0.4) is 0 Å². The van der Waals surface area contributed by atoms with Crippen LogP contribution in [0.4, 0.5) is 0 Å². The zero-order valence-electron chi connectivity index (χ0n) is 50.1. The van der Waals surface area contributed by atoms with Crippen LogP contribution in [-0.2, 0) is 57.0 Å². The van der Waals surface area contributed by atoms with E-state index in [1.54, 1.807) is 6.92 Å².